The second-order valence-electron chi connectivity index (χ2n) is 17.2. The Morgan fingerprint density at radius 3 is 0.447 bits per heavy atom. The second kappa shape index (κ2) is 40.4. The van der Waals surface area contributed by atoms with Gasteiger partial charge in [0, 0.05) is 0 Å². The quantitative estimate of drug-likeness (QED) is 0.0451. The summed E-state index contributed by atoms with van der Waals surface area (Å²) >= 11 is 0. The van der Waals surface area contributed by atoms with Gasteiger partial charge in [-0.2, -0.15) is 0 Å². The fourth-order valence-electron chi connectivity index (χ4n) is 7.55. The highest BCUT2D eigenvalue weighted by Gasteiger charge is 2.05. The molecule has 0 aliphatic carbocycles. The summed E-state index contributed by atoms with van der Waals surface area (Å²) in [6.45, 7) is 3.64. The topological polar surface area (TPSA) is 0 Å². The summed E-state index contributed by atoms with van der Waals surface area (Å²) in [5, 5.41) is 0. The van der Waals surface area contributed by atoms with E-state index in [9.17, 15) is 0 Å². The molecule has 0 radical (unpaired) electrons. The zero-order valence-corrected chi connectivity index (χ0v) is 34.1. The Morgan fingerprint density at radius 1 is 0.191 bits per heavy atom. The molecule has 1 heteroatoms. The molecule has 0 bridgehead atoms. The Hall–Kier alpha value is -0.0400. The van der Waals surface area contributed by atoms with Crippen LogP contribution >= 0.6 is 0 Å². The largest absolute Gasteiger partial charge is 0.331 e. The first-order chi connectivity index (χ1) is 23.1. The van der Waals surface area contributed by atoms with Crippen molar-refractivity contribution in [1.82, 2.24) is 0 Å². The molecule has 0 saturated carbocycles. The third-order valence-corrected chi connectivity index (χ3v) is 10.9. The summed E-state index contributed by atoms with van der Waals surface area (Å²) in [7, 11) is 6.93. The standard InChI is InChI=1S/C46H96N/c1-5-6-7-8-9-10-11-12-13-14-15-16-17-18-19-20-21-22-23-24-25-26-27-28-29-30-31-32-33-34-35-36-37-38-39-40-41-42-43-44-45-46-47(2,3)4/h5-46H2,1-4H3/q+1. The first kappa shape index (κ1) is 47.0. The lowest BCUT2D eigenvalue weighted by Gasteiger charge is -2.23. The summed E-state index contributed by atoms with van der Waals surface area (Å²) in [5.74, 6) is 0. The van der Waals surface area contributed by atoms with E-state index in [2.05, 4.69) is 28.1 Å². The highest BCUT2D eigenvalue weighted by Crippen LogP contribution is 2.18. The predicted molar refractivity (Wildman–Crippen MR) is 218 cm³/mol. The molecule has 0 N–H and O–H groups in total. The summed E-state index contributed by atoms with van der Waals surface area (Å²) in [6.07, 6.45) is 60.8. The number of hydrogen-bond acceptors (Lipinski definition) is 0. The molecular formula is C46H96N+. The Labute approximate surface area is 301 Å². The van der Waals surface area contributed by atoms with Gasteiger partial charge in [-0.15, -0.1) is 0 Å². The minimum atomic E-state index is 1.12. The minimum absolute atomic E-state index is 1.12. The predicted octanol–water partition coefficient (Wildman–Crippen LogP) is 16.7. The van der Waals surface area contributed by atoms with Crippen LogP contribution in [-0.4, -0.2) is 32.2 Å². The second-order valence-corrected chi connectivity index (χ2v) is 17.2. The van der Waals surface area contributed by atoms with Crippen molar-refractivity contribution in [3.8, 4) is 0 Å². The van der Waals surface area contributed by atoms with Crippen LogP contribution in [0.25, 0.3) is 0 Å². The Kier molecular flexibility index (Phi) is 40.4. The van der Waals surface area contributed by atoms with Crippen molar-refractivity contribution < 1.29 is 4.48 Å². The zero-order chi connectivity index (χ0) is 34.2. The summed E-state index contributed by atoms with van der Waals surface area (Å²) in [6, 6.07) is 0. The number of hydrogen-bond donors (Lipinski definition) is 0. The maximum atomic E-state index is 2.31. The van der Waals surface area contributed by atoms with E-state index < -0.39 is 0 Å². The van der Waals surface area contributed by atoms with E-state index in [1.165, 1.54) is 270 Å². The van der Waals surface area contributed by atoms with Crippen LogP contribution in [0.2, 0.25) is 0 Å². The molecule has 0 fully saturated rings. The van der Waals surface area contributed by atoms with E-state index >= 15 is 0 Å². The smallest absolute Gasteiger partial charge is 0.0780 e. The molecule has 1 nitrogen and oxygen atoms in total. The van der Waals surface area contributed by atoms with Crippen LogP contribution in [0.3, 0.4) is 0 Å². The van der Waals surface area contributed by atoms with Crippen molar-refractivity contribution in [3.05, 3.63) is 0 Å². The number of rotatable bonds is 42. The summed E-state index contributed by atoms with van der Waals surface area (Å²) < 4.78 is 1.12. The maximum absolute atomic E-state index is 2.31. The van der Waals surface area contributed by atoms with Gasteiger partial charge in [-0.05, 0) is 12.8 Å². The van der Waals surface area contributed by atoms with Crippen LogP contribution in [0.15, 0.2) is 0 Å². The molecule has 0 saturated heterocycles. The molecular weight excluding hydrogens is 567 g/mol. The number of quaternary nitrogens is 1. The molecule has 0 aliphatic rings. The van der Waals surface area contributed by atoms with Gasteiger partial charge in [-0.1, -0.05) is 257 Å². The summed E-state index contributed by atoms with van der Waals surface area (Å²) in [5.41, 5.74) is 0. The van der Waals surface area contributed by atoms with Crippen LogP contribution in [0.5, 0.6) is 0 Å². The molecule has 284 valence electrons. The Morgan fingerprint density at radius 2 is 0.319 bits per heavy atom. The van der Waals surface area contributed by atoms with E-state index in [1.54, 1.807) is 0 Å². The van der Waals surface area contributed by atoms with Crippen molar-refractivity contribution in [2.24, 2.45) is 0 Å². The molecule has 0 aromatic rings. The molecule has 0 amide bonds. The Bertz CT molecular complexity index is 534. The molecule has 0 unspecified atom stereocenters. The van der Waals surface area contributed by atoms with Gasteiger partial charge in [0.05, 0.1) is 27.7 Å². The van der Waals surface area contributed by atoms with Crippen molar-refractivity contribution in [2.45, 2.75) is 270 Å². The fourth-order valence-corrected chi connectivity index (χ4v) is 7.55. The SMILES string of the molecule is CCCCCCCCCCCCCCCCCCCCCCCCCCCCCCCCCCCCCCCCCCC[N+](C)(C)C. The van der Waals surface area contributed by atoms with E-state index in [4.69, 9.17) is 0 Å². The lowest BCUT2D eigenvalue weighted by Crippen LogP contribution is -2.35. The molecule has 0 atom stereocenters. The van der Waals surface area contributed by atoms with E-state index in [0.717, 1.165) is 4.48 Å². The molecule has 0 heterocycles. The van der Waals surface area contributed by atoms with Crippen LogP contribution in [-0.2, 0) is 0 Å². The van der Waals surface area contributed by atoms with Crippen LogP contribution < -0.4 is 0 Å². The van der Waals surface area contributed by atoms with Gasteiger partial charge in [0.2, 0.25) is 0 Å². The molecule has 0 aliphatic heterocycles. The van der Waals surface area contributed by atoms with Gasteiger partial charge in [-0.25, -0.2) is 0 Å². The van der Waals surface area contributed by atoms with Crippen LogP contribution in [0.1, 0.15) is 270 Å². The van der Waals surface area contributed by atoms with Crippen LogP contribution in [0.4, 0.5) is 0 Å². The molecule has 0 spiro atoms. The monoisotopic (exact) mass is 663 g/mol. The highest BCUT2D eigenvalue weighted by molar-refractivity contribution is 4.54. The third kappa shape index (κ3) is 46.0. The highest BCUT2D eigenvalue weighted by atomic mass is 15.3. The van der Waals surface area contributed by atoms with Gasteiger partial charge in [0.25, 0.3) is 0 Å². The average molecular weight is 663 g/mol. The van der Waals surface area contributed by atoms with E-state index in [-0.39, 0.29) is 0 Å². The minimum Gasteiger partial charge on any atom is -0.331 e. The fraction of sp³-hybridized carbons (Fsp3) is 1.00. The first-order valence-electron chi connectivity index (χ1n) is 22.9. The summed E-state index contributed by atoms with van der Waals surface area (Å²) in [4.78, 5) is 0. The lowest BCUT2D eigenvalue weighted by atomic mass is 10.0. The molecule has 47 heavy (non-hydrogen) atoms. The molecule has 0 rings (SSSR count). The number of unbranched alkanes of at least 4 members (excludes halogenated alkanes) is 40. The normalized spacial score (nSPS) is 12.0. The van der Waals surface area contributed by atoms with Gasteiger partial charge < -0.3 is 4.48 Å². The number of nitrogens with zero attached hydrogens (tertiary/aromatic N) is 1. The maximum Gasteiger partial charge on any atom is 0.0780 e. The van der Waals surface area contributed by atoms with Gasteiger partial charge in [-0.3, -0.25) is 0 Å². The molecule has 0 aromatic heterocycles. The zero-order valence-electron chi connectivity index (χ0n) is 34.1. The van der Waals surface area contributed by atoms with Crippen LogP contribution in [0, 0.1) is 0 Å². The van der Waals surface area contributed by atoms with Crippen molar-refractivity contribution in [1.29, 1.82) is 0 Å². The Balaban J connectivity index is 3.05. The average Bonchev–Trinajstić information content (AvgIpc) is 3.05. The lowest BCUT2D eigenvalue weighted by molar-refractivity contribution is -0.870. The van der Waals surface area contributed by atoms with Gasteiger partial charge in [0.15, 0.2) is 0 Å². The van der Waals surface area contributed by atoms with Crippen molar-refractivity contribution >= 4 is 0 Å². The van der Waals surface area contributed by atoms with Crippen molar-refractivity contribution in [3.63, 3.8) is 0 Å². The van der Waals surface area contributed by atoms with Crippen molar-refractivity contribution in [2.75, 3.05) is 27.7 Å². The first-order valence-corrected chi connectivity index (χ1v) is 22.9. The molecule has 0 aromatic carbocycles. The van der Waals surface area contributed by atoms with Gasteiger partial charge in [0.1, 0.15) is 0 Å². The third-order valence-electron chi connectivity index (χ3n) is 10.9. The van der Waals surface area contributed by atoms with E-state index in [0.29, 0.717) is 0 Å². The van der Waals surface area contributed by atoms with E-state index in [1.807, 2.05) is 0 Å². The van der Waals surface area contributed by atoms with Gasteiger partial charge >= 0.3 is 0 Å².